The molecule has 0 aliphatic rings. The minimum Gasteiger partial charge on any atom is -0.508 e. The van der Waals surface area contributed by atoms with Crippen LogP contribution in [0, 0.1) is 0 Å². The maximum absolute atomic E-state index is 11.3. The lowest BCUT2D eigenvalue weighted by Gasteiger charge is -2.06. The first kappa shape index (κ1) is 15.6. The van der Waals surface area contributed by atoms with Crippen molar-refractivity contribution < 1.29 is 14.6 Å². The van der Waals surface area contributed by atoms with Crippen LogP contribution in [0.25, 0.3) is 0 Å². The Balaban J connectivity index is 1.91. The van der Waals surface area contributed by atoms with Crippen molar-refractivity contribution in [1.82, 2.24) is 0 Å². The van der Waals surface area contributed by atoms with Gasteiger partial charge in [0.2, 0.25) is 0 Å². The largest absolute Gasteiger partial charge is 0.508 e. The maximum Gasteiger partial charge on any atom is 0.337 e. The van der Waals surface area contributed by atoms with Crippen molar-refractivity contribution in [2.75, 3.05) is 7.11 Å². The Bertz CT molecular complexity index is 620. The third-order valence-corrected chi connectivity index (χ3v) is 3.82. The van der Waals surface area contributed by atoms with E-state index in [4.69, 9.17) is 0 Å². The van der Waals surface area contributed by atoms with Crippen LogP contribution in [-0.2, 0) is 17.6 Å². The number of benzene rings is 2. The monoisotopic (exact) mass is 348 g/mol. The molecule has 0 unspecified atom stereocenters. The van der Waals surface area contributed by atoms with Gasteiger partial charge in [0.05, 0.1) is 12.7 Å². The summed E-state index contributed by atoms with van der Waals surface area (Å²) < 4.78 is 5.64. The standard InChI is InChI=1S/C17H17BrO3/c1-21-17(20)13-7-5-12(6-8-13)3-2-4-14-11-15(18)9-10-16(14)19/h5-11,19H,2-4H2,1H3. The fraction of sp³-hybridized carbons (Fsp3) is 0.235. The number of phenols is 1. The Morgan fingerprint density at radius 3 is 2.52 bits per heavy atom. The van der Waals surface area contributed by atoms with Crippen molar-refractivity contribution >= 4 is 21.9 Å². The molecule has 0 amide bonds. The van der Waals surface area contributed by atoms with Crippen LogP contribution in [0.5, 0.6) is 5.75 Å². The Kier molecular flexibility index (Phi) is 5.39. The van der Waals surface area contributed by atoms with E-state index in [1.807, 2.05) is 24.3 Å². The molecule has 2 rings (SSSR count). The van der Waals surface area contributed by atoms with E-state index in [-0.39, 0.29) is 5.97 Å². The van der Waals surface area contributed by atoms with Crippen LogP contribution in [0.3, 0.4) is 0 Å². The molecule has 0 aliphatic carbocycles. The van der Waals surface area contributed by atoms with Crippen LogP contribution < -0.4 is 0 Å². The molecule has 3 nitrogen and oxygen atoms in total. The molecular weight excluding hydrogens is 332 g/mol. The van der Waals surface area contributed by atoms with Crippen LogP contribution in [0.15, 0.2) is 46.9 Å². The van der Waals surface area contributed by atoms with Gasteiger partial charge in [-0.05, 0) is 60.7 Å². The second-order valence-corrected chi connectivity index (χ2v) is 5.73. The van der Waals surface area contributed by atoms with Crippen LogP contribution >= 0.6 is 15.9 Å². The van der Waals surface area contributed by atoms with Gasteiger partial charge in [0.1, 0.15) is 5.75 Å². The number of carbonyl (C=O) groups is 1. The van der Waals surface area contributed by atoms with Crippen LogP contribution in [0.2, 0.25) is 0 Å². The molecule has 2 aromatic rings. The highest BCUT2D eigenvalue weighted by Crippen LogP contribution is 2.23. The maximum atomic E-state index is 11.3. The number of methoxy groups -OCH3 is 1. The molecule has 21 heavy (non-hydrogen) atoms. The molecule has 0 aliphatic heterocycles. The summed E-state index contributed by atoms with van der Waals surface area (Å²) in [7, 11) is 1.38. The lowest BCUT2D eigenvalue weighted by atomic mass is 10.0. The zero-order valence-corrected chi connectivity index (χ0v) is 13.4. The minimum absolute atomic E-state index is 0.319. The van der Waals surface area contributed by atoms with E-state index in [2.05, 4.69) is 20.7 Å². The molecule has 0 saturated heterocycles. The number of ether oxygens (including phenoxy) is 1. The minimum atomic E-state index is -0.319. The summed E-state index contributed by atoms with van der Waals surface area (Å²) in [6.07, 6.45) is 2.64. The lowest BCUT2D eigenvalue weighted by molar-refractivity contribution is 0.0600. The van der Waals surface area contributed by atoms with Crippen molar-refractivity contribution in [3.05, 3.63) is 63.6 Å². The van der Waals surface area contributed by atoms with E-state index in [0.717, 1.165) is 34.9 Å². The van der Waals surface area contributed by atoms with Gasteiger partial charge in [0, 0.05) is 4.47 Å². The Morgan fingerprint density at radius 1 is 1.14 bits per heavy atom. The first-order valence-electron chi connectivity index (χ1n) is 6.75. The van der Waals surface area contributed by atoms with Crippen LogP contribution in [-0.4, -0.2) is 18.2 Å². The van der Waals surface area contributed by atoms with Crippen LogP contribution in [0.4, 0.5) is 0 Å². The Labute approximate surface area is 132 Å². The van der Waals surface area contributed by atoms with Crippen molar-refractivity contribution in [3.63, 3.8) is 0 Å². The number of aryl methyl sites for hydroxylation is 2. The molecule has 0 heterocycles. The number of halogens is 1. The van der Waals surface area contributed by atoms with Gasteiger partial charge in [-0.2, -0.15) is 0 Å². The zero-order valence-electron chi connectivity index (χ0n) is 11.8. The molecule has 0 atom stereocenters. The van der Waals surface area contributed by atoms with E-state index in [9.17, 15) is 9.90 Å². The summed E-state index contributed by atoms with van der Waals surface area (Å²) in [6, 6.07) is 12.9. The van der Waals surface area contributed by atoms with E-state index < -0.39 is 0 Å². The fourth-order valence-electron chi connectivity index (χ4n) is 2.16. The lowest BCUT2D eigenvalue weighted by Crippen LogP contribution is -2.01. The molecule has 1 N–H and O–H groups in total. The Morgan fingerprint density at radius 2 is 1.86 bits per heavy atom. The molecule has 0 aromatic heterocycles. The van der Waals surface area contributed by atoms with Gasteiger partial charge in [-0.15, -0.1) is 0 Å². The van der Waals surface area contributed by atoms with Crippen molar-refractivity contribution in [3.8, 4) is 5.75 Å². The predicted molar refractivity (Wildman–Crippen MR) is 85.6 cm³/mol. The van der Waals surface area contributed by atoms with Gasteiger partial charge in [0.25, 0.3) is 0 Å². The zero-order chi connectivity index (χ0) is 15.2. The number of aromatic hydroxyl groups is 1. The Hall–Kier alpha value is -1.81. The van der Waals surface area contributed by atoms with E-state index in [1.54, 1.807) is 18.2 Å². The average Bonchev–Trinajstić information content (AvgIpc) is 2.50. The highest BCUT2D eigenvalue weighted by atomic mass is 79.9. The average molecular weight is 349 g/mol. The molecule has 0 bridgehead atoms. The van der Waals surface area contributed by atoms with E-state index in [0.29, 0.717) is 11.3 Å². The van der Waals surface area contributed by atoms with Crippen molar-refractivity contribution in [1.29, 1.82) is 0 Å². The quantitative estimate of drug-likeness (QED) is 0.826. The summed E-state index contributed by atoms with van der Waals surface area (Å²) in [6.45, 7) is 0. The summed E-state index contributed by atoms with van der Waals surface area (Å²) in [5.41, 5.74) is 2.67. The van der Waals surface area contributed by atoms with Gasteiger partial charge in [0.15, 0.2) is 0 Å². The molecule has 2 aromatic carbocycles. The third-order valence-electron chi connectivity index (χ3n) is 3.33. The normalized spacial score (nSPS) is 10.4. The highest BCUT2D eigenvalue weighted by molar-refractivity contribution is 9.10. The van der Waals surface area contributed by atoms with Gasteiger partial charge in [-0.25, -0.2) is 4.79 Å². The number of phenolic OH excluding ortho intramolecular Hbond substituents is 1. The molecule has 0 radical (unpaired) electrons. The SMILES string of the molecule is COC(=O)c1ccc(CCCc2cc(Br)ccc2O)cc1. The summed E-state index contributed by atoms with van der Waals surface area (Å²) in [5, 5.41) is 9.78. The van der Waals surface area contributed by atoms with Crippen molar-refractivity contribution in [2.45, 2.75) is 19.3 Å². The second kappa shape index (κ2) is 7.27. The first-order chi connectivity index (χ1) is 10.1. The topological polar surface area (TPSA) is 46.5 Å². The number of hydrogen-bond acceptors (Lipinski definition) is 3. The summed E-state index contributed by atoms with van der Waals surface area (Å²) >= 11 is 3.41. The predicted octanol–water partition coefficient (Wildman–Crippen LogP) is 4.12. The molecule has 4 heteroatoms. The first-order valence-corrected chi connectivity index (χ1v) is 7.54. The molecule has 0 fully saturated rings. The number of esters is 1. The molecule has 0 saturated carbocycles. The third kappa shape index (κ3) is 4.33. The number of rotatable bonds is 5. The van der Waals surface area contributed by atoms with Crippen LogP contribution in [0.1, 0.15) is 27.9 Å². The van der Waals surface area contributed by atoms with Gasteiger partial charge >= 0.3 is 5.97 Å². The van der Waals surface area contributed by atoms with E-state index >= 15 is 0 Å². The van der Waals surface area contributed by atoms with Gasteiger partial charge < -0.3 is 9.84 Å². The fourth-order valence-corrected chi connectivity index (χ4v) is 2.57. The number of carbonyl (C=O) groups excluding carboxylic acids is 1. The molecule has 0 spiro atoms. The number of hydrogen-bond donors (Lipinski definition) is 1. The highest BCUT2D eigenvalue weighted by Gasteiger charge is 2.05. The summed E-state index contributed by atoms with van der Waals surface area (Å²) in [5.74, 6) is 0.0137. The smallest absolute Gasteiger partial charge is 0.337 e. The second-order valence-electron chi connectivity index (χ2n) is 4.82. The van der Waals surface area contributed by atoms with Gasteiger partial charge in [-0.1, -0.05) is 28.1 Å². The van der Waals surface area contributed by atoms with E-state index in [1.165, 1.54) is 7.11 Å². The summed E-state index contributed by atoms with van der Waals surface area (Å²) in [4.78, 5) is 11.3. The van der Waals surface area contributed by atoms with Crippen molar-refractivity contribution in [2.24, 2.45) is 0 Å². The molecule has 110 valence electrons. The van der Waals surface area contributed by atoms with Gasteiger partial charge in [-0.3, -0.25) is 0 Å². The molecular formula is C17H17BrO3.